The van der Waals surface area contributed by atoms with Gasteiger partial charge in [0.2, 0.25) is 0 Å². The SMILES string of the molecule is CCc1cc(-c2cc(-c3ccc(C(F)(F)F)cc3)ns2)c(O)cc1OC. The molecule has 0 radical (unpaired) electrons. The number of phenolic OH excluding ortho intramolecular Hbond substituents is 1. The molecule has 1 heterocycles. The highest BCUT2D eigenvalue weighted by molar-refractivity contribution is 7.09. The Morgan fingerprint density at radius 3 is 2.38 bits per heavy atom. The second-order valence-electron chi connectivity index (χ2n) is 5.69. The third kappa shape index (κ3) is 3.53. The van der Waals surface area contributed by atoms with Crippen LogP contribution in [0.4, 0.5) is 13.2 Å². The van der Waals surface area contributed by atoms with E-state index in [4.69, 9.17) is 4.74 Å². The fourth-order valence-electron chi connectivity index (χ4n) is 2.65. The minimum atomic E-state index is -4.36. The molecular weight excluding hydrogens is 363 g/mol. The number of hydrogen-bond acceptors (Lipinski definition) is 4. The molecule has 0 spiro atoms. The zero-order chi connectivity index (χ0) is 18.9. The second kappa shape index (κ2) is 6.99. The van der Waals surface area contributed by atoms with Crippen molar-refractivity contribution in [3.8, 4) is 33.2 Å². The van der Waals surface area contributed by atoms with Gasteiger partial charge in [0.1, 0.15) is 11.5 Å². The summed E-state index contributed by atoms with van der Waals surface area (Å²) in [7, 11) is 1.54. The van der Waals surface area contributed by atoms with Crippen LogP contribution in [0.15, 0.2) is 42.5 Å². The number of hydrogen-bond donors (Lipinski definition) is 1. The maximum Gasteiger partial charge on any atom is 0.416 e. The van der Waals surface area contributed by atoms with Crippen molar-refractivity contribution < 1.29 is 23.0 Å². The summed E-state index contributed by atoms with van der Waals surface area (Å²) in [5.41, 5.74) is 2.02. The van der Waals surface area contributed by atoms with Crippen LogP contribution in [0.1, 0.15) is 18.1 Å². The normalized spacial score (nSPS) is 11.6. The maximum atomic E-state index is 12.7. The van der Waals surface area contributed by atoms with Crippen LogP contribution < -0.4 is 4.74 Å². The molecule has 0 saturated carbocycles. The van der Waals surface area contributed by atoms with Crippen molar-refractivity contribution >= 4 is 11.5 Å². The minimum Gasteiger partial charge on any atom is -0.507 e. The Morgan fingerprint density at radius 1 is 1.12 bits per heavy atom. The van der Waals surface area contributed by atoms with E-state index in [1.165, 1.54) is 23.7 Å². The van der Waals surface area contributed by atoms with Gasteiger partial charge in [0, 0.05) is 17.2 Å². The monoisotopic (exact) mass is 379 g/mol. The first-order chi connectivity index (χ1) is 12.3. The summed E-state index contributed by atoms with van der Waals surface area (Å²) in [6.45, 7) is 1.99. The first-order valence-electron chi connectivity index (χ1n) is 7.88. The summed E-state index contributed by atoms with van der Waals surface area (Å²) in [4.78, 5) is 0.731. The quantitative estimate of drug-likeness (QED) is 0.625. The average Bonchev–Trinajstić information content (AvgIpc) is 3.10. The van der Waals surface area contributed by atoms with Gasteiger partial charge in [-0.1, -0.05) is 19.1 Å². The smallest absolute Gasteiger partial charge is 0.416 e. The molecule has 0 unspecified atom stereocenters. The summed E-state index contributed by atoms with van der Waals surface area (Å²) in [5, 5.41) is 10.3. The van der Waals surface area contributed by atoms with Crippen molar-refractivity contribution in [3.05, 3.63) is 53.6 Å². The van der Waals surface area contributed by atoms with Crippen LogP contribution in [0.25, 0.3) is 21.7 Å². The number of ether oxygens (including phenoxy) is 1. The summed E-state index contributed by atoms with van der Waals surface area (Å²) in [6.07, 6.45) is -3.63. The third-order valence-corrected chi connectivity index (χ3v) is 4.89. The number of rotatable bonds is 4. The average molecular weight is 379 g/mol. The van der Waals surface area contributed by atoms with Crippen LogP contribution in [-0.4, -0.2) is 16.6 Å². The molecule has 0 amide bonds. The van der Waals surface area contributed by atoms with Gasteiger partial charge in [-0.3, -0.25) is 0 Å². The number of aromatic hydroxyl groups is 1. The number of aryl methyl sites for hydroxylation is 1. The molecule has 0 fully saturated rings. The molecule has 0 aliphatic rings. The van der Waals surface area contributed by atoms with Crippen molar-refractivity contribution in [3.63, 3.8) is 0 Å². The molecule has 136 valence electrons. The number of aromatic nitrogens is 1. The molecule has 0 atom stereocenters. The Morgan fingerprint density at radius 2 is 1.81 bits per heavy atom. The van der Waals surface area contributed by atoms with E-state index < -0.39 is 11.7 Å². The number of nitrogens with zero attached hydrogens (tertiary/aromatic N) is 1. The Hall–Kier alpha value is -2.54. The molecule has 2 aromatic carbocycles. The van der Waals surface area contributed by atoms with Gasteiger partial charge in [0.15, 0.2) is 0 Å². The summed E-state index contributed by atoms with van der Waals surface area (Å²) < 4.78 is 47.6. The number of phenols is 1. The predicted molar refractivity (Wildman–Crippen MR) is 95.6 cm³/mol. The topological polar surface area (TPSA) is 42.4 Å². The van der Waals surface area contributed by atoms with E-state index in [0.717, 1.165) is 29.0 Å². The summed E-state index contributed by atoms with van der Waals surface area (Å²) >= 11 is 1.18. The van der Waals surface area contributed by atoms with Gasteiger partial charge in [-0.2, -0.15) is 17.5 Å². The minimum absolute atomic E-state index is 0.0710. The maximum absolute atomic E-state index is 12.7. The van der Waals surface area contributed by atoms with Gasteiger partial charge in [-0.05, 0) is 47.8 Å². The molecule has 3 nitrogen and oxygen atoms in total. The van der Waals surface area contributed by atoms with Gasteiger partial charge >= 0.3 is 6.18 Å². The lowest BCUT2D eigenvalue weighted by Crippen LogP contribution is -2.03. The highest BCUT2D eigenvalue weighted by Gasteiger charge is 2.30. The Bertz CT molecular complexity index is 918. The lowest BCUT2D eigenvalue weighted by atomic mass is 10.0. The lowest BCUT2D eigenvalue weighted by molar-refractivity contribution is -0.137. The Balaban J connectivity index is 1.95. The van der Waals surface area contributed by atoms with E-state index in [1.807, 2.05) is 13.0 Å². The van der Waals surface area contributed by atoms with Gasteiger partial charge in [-0.15, -0.1) is 0 Å². The number of alkyl halides is 3. The highest BCUT2D eigenvalue weighted by atomic mass is 32.1. The molecule has 0 saturated heterocycles. The molecule has 1 aromatic heterocycles. The Kier molecular flexibility index (Phi) is 4.91. The van der Waals surface area contributed by atoms with E-state index in [2.05, 4.69) is 4.37 Å². The van der Waals surface area contributed by atoms with E-state index in [0.29, 0.717) is 22.6 Å². The molecule has 26 heavy (non-hydrogen) atoms. The van der Waals surface area contributed by atoms with E-state index >= 15 is 0 Å². The fourth-order valence-corrected chi connectivity index (χ4v) is 3.43. The van der Waals surface area contributed by atoms with Crippen molar-refractivity contribution in [2.24, 2.45) is 0 Å². The standard InChI is InChI=1S/C19H16F3NO2S/c1-3-11-8-14(16(24)10-17(11)25-2)18-9-15(23-26-18)12-4-6-13(7-5-12)19(20,21)22/h4-10,24H,3H2,1-2H3. The summed E-state index contributed by atoms with van der Waals surface area (Å²) in [5.74, 6) is 0.683. The number of benzene rings is 2. The van der Waals surface area contributed by atoms with Crippen LogP contribution in [0.3, 0.4) is 0 Å². The number of halogens is 3. The Labute approximate surface area is 152 Å². The first kappa shape index (κ1) is 18.3. The molecule has 1 N–H and O–H groups in total. The van der Waals surface area contributed by atoms with Crippen molar-refractivity contribution in [1.29, 1.82) is 0 Å². The first-order valence-corrected chi connectivity index (χ1v) is 8.65. The molecular formula is C19H16F3NO2S. The van der Waals surface area contributed by atoms with Gasteiger partial charge < -0.3 is 9.84 Å². The van der Waals surface area contributed by atoms with Gasteiger partial charge in [0.25, 0.3) is 0 Å². The molecule has 3 rings (SSSR count). The van der Waals surface area contributed by atoms with Crippen LogP contribution in [0.5, 0.6) is 11.5 Å². The molecule has 0 bridgehead atoms. The van der Waals surface area contributed by atoms with Crippen molar-refractivity contribution in [2.45, 2.75) is 19.5 Å². The molecule has 0 aliphatic heterocycles. The van der Waals surface area contributed by atoms with Crippen molar-refractivity contribution in [2.75, 3.05) is 7.11 Å². The van der Waals surface area contributed by atoms with Crippen LogP contribution >= 0.6 is 11.5 Å². The molecule has 7 heteroatoms. The van der Waals surface area contributed by atoms with E-state index in [1.54, 1.807) is 19.2 Å². The van der Waals surface area contributed by atoms with Gasteiger partial charge in [0.05, 0.1) is 23.2 Å². The van der Waals surface area contributed by atoms with Crippen molar-refractivity contribution in [1.82, 2.24) is 4.37 Å². The molecule has 3 aromatic rings. The number of methoxy groups -OCH3 is 1. The van der Waals surface area contributed by atoms with Crippen LogP contribution in [0, 0.1) is 0 Å². The zero-order valence-corrected chi connectivity index (χ0v) is 14.9. The fraction of sp³-hybridized carbons (Fsp3) is 0.211. The zero-order valence-electron chi connectivity index (χ0n) is 14.1. The largest absolute Gasteiger partial charge is 0.507 e. The van der Waals surface area contributed by atoms with Gasteiger partial charge in [-0.25, -0.2) is 0 Å². The molecule has 0 aliphatic carbocycles. The van der Waals surface area contributed by atoms with Crippen LogP contribution in [-0.2, 0) is 12.6 Å². The third-order valence-electron chi connectivity index (χ3n) is 4.06. The highest BCUT2D eigenvalue weighted by Crippen LogP contribution is 2.39. The van der Waals surface area contributed by atoms with E-state index in [9.17, 15) is 18.3 Å². The van der Waals surface area contributed by atoms with E-state index in [-0.39, 0.29) is 5.75 Å². The predicted octanol–water partition coefficient (Wildman–Crippen LogP) is 5.77. The second-order valence-corrected chi connectivity index (χ2v) is 6.49. The lowest BCUT2D eigenvalue weighted by Gasteiger charge is -2.10. The van der Waals surface area contributed by atoms with Crippen LogP contribution in [0.2, 0.25) is 0 Å². The summed E-state index contributed by atoms with van der Waals surface area (Å²) in [6, 6.07) is 10.0.